The van der Waals surface area contributed by atoms with E-state index in [2.05, 4.69) is 0 Å². The first-order valence-electron chi connectivity index (χ1n) is 6.95. The average molecular weight is 286 g/mol. The summed E-state index contributed by atoms with van der Waals surface area (Å²) < 4.78 is 0. The molecule has 2 unspecified atom stereocenters. The first kappa shape index (κ1) is 15.0. The number of nitriles is 1. The highest BCUT2D eigenvalue weighted by molar-refractivity contribution is 5.79. The molecule has 0 aromatic heterocycles. The number of piperidine rings is 1. The van der Waals surface area contributed by atoms with Crippen LogP contribution in [0.3, 0.4) is 0 Å². The topological polar surface area (TPSA) is 81.4 Å². The molecule has 110 valence electrons. The van der Waals surface area contributed by atoms with Crippen molar-refractivity contribution in [1.29, 1.82) is 5.26 Å². The number of likely N-dealkylation sites (tertiary alicyclic amines) is 1. The van der Waals surface area contributed by atoms with Gasteiger partial charge in [-0.2, -0.15) is 5.26 Å². The smallest absolute Gasteiger partial charge is 0.308 e. The fourth-order valence-electron chi connectivity index (χ4n) is 2.83. The van der Waals surface area contributed by atoms with Crippen molar-refractivity contribution >= 4 is 11.9 Å². The number of carbonyl (C=O) groups is 2. The Hall–Kier alpha value is -2.35. The van der Waals surface area contributed by atoms with E-state index in [1.54, 1.807) is 0 Å². The van der Waals surface area contributed by atoms with Crippen LogP contribution in [0.1, 0.15) is 29.9 Å². The van der Waals surface area contributed by atoms with Gasteiger partial charge in [0, 0.05) is 19.0 Å². The van der Waals surface area contributed by atoms with Gasteiger partial charge >= 0.3 is 5.97 Å². The van der Waals surface area contributed by atoms with Gasteiger partial charge in [-0.15, -0.1) is 0 Å². The van der Waals surface area contributed by atoms with Gasteiger partial charge in [-0.05, 0) is 18.9 Å². The number of benzene rings is 1. The number of carbonyl (C=O) groups excluding carboxylic acids is 1. The van der Waals surface area contributed by atoms with Crippen LogP contribution < -0.4 is 0 Å². The monoisotopic (exact) mass is 286 g/mol. The summed E-state index contributed by atoms with van der Waals surface area (Å²) in [6.07, 6.45) is 0.321. The van der Waals surface area contributed by atoms with Crippen LogP contribution in [0, 0.1) is 24.2 Å². The van der Waals surface area contributed by atoms with Crippen LogP contribution >= 0.6 is 0 Å². The van der Waals surface area contributed by atoms with E-state index in [1.807, 2.05) is 37.3 Å². The lowest BCUT2D eigenvalue weighted by Crippen LogP contribution is -2.45. The summed E-state index contributed by atoms with van der Waals surface area (Å²) in [4.78, 5) is 24.8. The van der Waals surface area contributed by atoms with Gasteiger partial charge in [0.15, 0.2) is 0 Å². The summed E-state index contributed by atoms with van der Waals surface area (Å²) in [7, 11) is 0. The van der Waals surface area contributed by atoms with Crippen molar-refractivity contribution in [3.63, 3.8) is 0 Å². The molecule has 0 aliphatic carbocycles. The van der Waals surface area contributed by atoms with Crippen molar-refractivity contribution in [2.75, 3.05) is 13.1 Å². The maximum absolute atomic E-state index is 11.9. The molecule has 21 heavy (non-hydrogen) atoms. The molecule has 5 nitrogen and oxygen atoms in total. The quantitative estimate of drug-likeness (QED) is 0.920. The maximum atomic E-state index is 11.9. The Labute approximate surface area is 123 Å². The van der Waals surface area contributed by atoms with Crippen molar-refractivity contribution in [1.82, 2.24) is 4.90 Å². The third kappa shape index (κ3) is 3.60. The number of carboxylic acids is 1. The average Bonchev–Trinajstić information content (AvgIpc) is 2.47. The third-order valence-corrected chi connectivity index (χ3v) is 3.90. The zero-order chi connectivity index (χ0) is 15.4. The molecule has 2 rings (SSSR count). The van der Waals surface area contributed by atoms with E-state index in [0.717, 1.165) is 11.1 Å². The van der Waals surface area contributed by atoms with Crippen LogP contribution in [0.4, 0.5) is 0 Å². The van der Waals surface area contributed by atoms with E-state index in [-0.39, 0.29) is 24.8 Å². The van der Waals surface area contributed by atoms with Crippen molar-refractivity contribution in [3.05, 3.63) is 35.4 Å². The molecule has 1 heterocycles. The molecular weight excluding hydrogens is 268 g/mol. The second kappa shape index (κ2) is 6.40. The first-order chi connectivity index (χ1) is 10.0. The molecule has 1 N–H and O–H groups in total. The molecule has 1 amide bonds. The Bertz CT molecular complexity index is 591. The van der Waals surface area contributed by atoms with Gasteiger partial charge in [0.1, 0.15) is 6.42 Å². The van der Waals surface area contributed by atoms with Crippen LogP contribution in [-0.2, 0) is 9.59 Å². The summed E-state index contributed by atoms with van der Waals surface area (Å²) in [6, 6.07) is 9.76. The minimum Gasteiger partial charge on any atom is -0.481 e. The molecule has 0 radical (unpaired) electrons. The molecule has 1 aliphatic heterocycles. The number of hydrogen-bond acceptors (Lipinski definition) is 3. The Morgan fingerprint density at radius 3 is 2.81 bits per heavy atom. The lowest BCUT2D eigenvalue weighted by atomic mass is 9.84. The van der Waals surface area contributed by atoms with Gasteiger partial charge in [-0.1, -0.05) is 29.8 Å². The number of carboxylic acid groups (broad SMARTS) is 1. The predicted octanol–water partition coefficient (Wildman–Crippen LogP) is 1.93. The van der Waals surface area contributed by atoms with Gasteiger partial charge < -0.3 is 10.0 Å². The predicted molar refractivity (Wildman–Crippen MR) is 76.5 cm³/mol. The molecule has 0 saturated carbocycles. The van der Waals surface area contributed by atoms with E-state index >= 15 is 0 Å². The van der Waals surface area contributed by atoms with Gasteiger partial charge in [0.05, 0.1) is 12.0 Å². The van der Waals surface area contributed by atoms with Crippen molar-refractivity contribution < 1.29 is 14.7 Å². The highest BCUT2D eigenvalue weighted by Gasteiger charge is 2.34. The number of aliphatic carboxylic acids is 1. The van der Waals surface area contributed by atoms with Gasteiger partial charge in [0.2, 0.25) is 5.91 Å². The summed E-state index contributed by atoms with van der Waals surface area (Å²) in [5.74, 6) is -1.75. The molecule has 1 aliphatic rings. The lowest BCUT2D eigenvalue weighted by molar-refractivity contribution is -0.146. The van der Waals surface area contributed by atoms with Crippen molar-refractivity contribution in [2.24, 2.45) is 5.92 Å². The number of nitrogens with zero attached hydrogens (tertiary/aromatic N) is 2. The fourth-order valence-corrected chi connectivity index (χ4v) is 2.83. The Balaban J connectivity index is 2.23. The Morgan fingerprint density at radius 1 is 1.43 bits per heavy atom. The standard InChI is InChI=1S/C16H18N2O3/c1-11-3-2-4-12(7-11)13-8-14(16(20)21)10-18(9-13)15(19)5-6-17/h2-4,7,13-14H,5,8-10H2,1H3,(H,20,21). The number of aryl methyl sites for hydroxylation is 1. The van der Waals surface area contributed by atoms with E-state index in [0.29, 0.717) is 13.0 Å². The summed E-state index contributed by atoms with van der Waals surface area (Å²) in [5, 5.41) is 17.9. The summed E-state index contributed by atoms with van der Waals surface area (Å²) in [5.41, 5.74) is 2.16. The zero-order valence-electron chi connectivity index (χ0n) is 12.0. The minimum absolute atomic E-state index is 0.00222. The minimum atomic E-state index is -0.887. The lowest BCUT2D eigenvalue weighted by Gasteiger charge is -2.36. The summed E-state index contributed by atoms with van der Waals surface area (Å²) in [6.45, 7) is 2.66. The zero-order valence-corrected chi connectivity index (χ0v) is 12.0. The second-order valence-corrected chi connectivity index (χ2v) is 5.52. The van der Waals surface area contributed by atoms with Gasteiger partial charge in [-0.25, -0.2) is 0 Å². The van der Waals surface area contributed by atoms with Crippen LogP contribution in [0.5, 0.6) is 0 Å². The molecule has 1 saturated heterocycles. The van der Waals surface area contributed by atoms with E-state index in [4.69, 9.17) is 5.26 Å². The normalized spacial score (nSPS) is 21.6. The highest BCUT2D eigenvalue weighted by atomic mass is 16.4. The number of amides is 1. The van der Waals surface area contributed by atoms with Gasteiger partial charge in [-0.3, -0.25) is 9.59 Å². The van der Waals surface area contributed by atoms with E-state index in [9.17, 15) is 14.7 Å². The van der Waals surface area contributed by atoms with Crippen LogP contribution in [-0.4, -0.2) is 35.0 Å². The number of rotatable bonds is 3. The molecule has 2 atom stereocenters. The molecule has 1 aromatic carbocycles. The van der Waals surface area contributed by atoms with E-state index < -0.39 is 11.9 Å². The third-order valence-electron chi connectivity index (χ3n) is 3.90. The van der Waals surface area contributed by atoms with Gasteiger partial charge in [0.25, 0.3) is 0 Å². The Kier molecular flexibility index (Phi) is 4.59. The molecule has 5 heteroatoms. The molecule has 0 spiro atoms. The molecular formula is C16H18N2O3. The highest BCUT2D eigenvalue weighted by Crippen LogP contribution is 2.31. The largest absolute Gasteiger partial charge is 0.481 e. The maximum Gasteiger partial charge on any atom is 0.308 e. The molecule has 0 bridgehead atoms. The first-order valence-corrected chi connectivity index (χ1v) is 6.95. The second-order valence-electron chi connectivity index (χ2n) is 5.52. The van der Waals surface area contributed by atoms with Crippen LogP contribution in [0.2, 0.25) is 0 Å². The molecule has 1 aromatic rings. The van der Waals surface area contributed by atoms with E-state index in [1.165, 1.54) is 4.90 Å². The van der Waals surface area contributed by atoms with Crippen LogP contribution in [0.15, 0.2) is 24.3 Å². The summed E-state index contributed by atoms with van der Waals surface area (Å²) >= 11 is 0. The van der Waals surface area contributed by atoms with Crippen LogP contribution in [0.25, 0.3) is 0 Å². The van der Waals surface area contributed by atoms with Crippen molar-refractivity contribution in [3.8, 4) is 6.07 Å². The van der Waals surface area contributed by atoms with Crippen molar-refractivity contribution in [2.45, 2.75) is 25.7 Å². The Morgan fingerprint density at radius 2 is 2.19 bits per heavy atom. The fraction of sp³-hybridized carbons (Fsp3) is 0.438. The molecule has 1 fully saturated rings. The SMILES string of the molecule is Cc1cccc(C2CC(C(=O)O)CN(C(=O)CC#N)C2)c1. The number of hydrogen-bond donors (Lipinski definition) is 1.